The average Bonchev–Trinajstić information content (AvgIpc) is 2.32. The van der Waals surface area contributed by atoms with Gasteiger partial charge in [0.25, 0.3) is 0 Å². The minimum atomic E-state index is 0.0210. The first-order valence-corrected chi connectivity index (χ1v) is 6.50. The fourth-order valence-corrected chi connectivity index (χ4v) is 2.21. The summed E-state index contributed by atoms with van der Waals surface area (Å²) < 4.78 is 11.1. The van der Waals surface area contributed by atoms with Crippen molar-refractivity contribution in [2.24, 2.45) is 0 Å². The SMILES string of the molecule is CCOc1cc(NCC2(OC)CCC2)ccc1N. The van der Waals surface area contributed by atoms with Crippen molar-refractivity contribution in [3.05, 3.63) is 18.2 Å². The highest BCUT2D eigenvalue weighted by atomic mass is 16.5. The van der Waals surface area contributed by atoms with Crippen LogP contribution in [0.15, 0.2) is 18.2 Å². The lowest BCUT2D eigenvalue weighted by Crippen LogP contribution is -2.45. The zero-order valence-electron chi connectivity index (χ0n) is 11.2. The molecule has 1 aromatic rings. The first kappa shape index (κ1) is 13.0. The Kier molecular flexibility index (Phi) is 3.97. The molecule has 0 saturated heterocycles. The van der Waals surface area contributed by atoms with Crippen LogP contribution in [0.3, 0.4) is 0 Å². The summed E-state index contributed by atoms with van der Waals surface area (Å²) >= 11 is 0. The highest BCUT2D eigenvalue weighted by Gasteiger charge is 2.36. The highest BCUT2D eigenvalue weighted by Crippen LogP contribution is 2.35. The van der Waals surface area contributed by atoms with Crippen LogP contribution in [0, 0.1) is 0 Å². The van der Waals surface area contributed by atoms with E-state index >= 15 is 0 Å². The van der Waals surface area contributed by atoms with Gasteiger partial charge in [-0.2, -0.15) is 0 Å². The van der Waals surface area contributed by atoms with Crippen molar-refractivity contribution < 1.29 is 9.47 Å². The standard InChI is InChI=1S/C14H22N2O2/c1-3-18-13-9-11(5-6-12(13)15)16-10-14(17-2)7-4-8-14/h5-6,9,16H,3-4,7-8,10,15H2,1-2H3. The number of benzene rings is 1. The molecule has 4 nitrogen and oxygen atoms in total. The van der Waals surface area contributed by atoms with Gasteiger partial charge >= 0.3 is 0 Å². The quantitative estimate of drug-likeness (QED) is 0.762. The number of hydrogen-bond donors (Lipinski definition) is 2. The van der Waals surface area contributed by atoms with E-state index in [4.69, 9.17) is 15.2 Å². The van der Waals surface area contributed by atoms with Gasteiger partial charge in [-0.25, -0.2) is 0 Å². The zero-order valence-corrected chi connectivity index (χ0v) is 11.2. The molecule has 100 valence electrons. The number of nitrogens with one attached hydrogen (secondary N) is 1. The van der Waals surface area contributed by atoms with Crippen molar-refractivity contribution in [2.45, 2.75) is 31.8 Å². The summed E-state index contributed by atoms with van der Waals surface area (Å²) in [5.41, 5.74) is 7.56. The lowest BCUT2D eigenvalue weighted by atomic mass is 9.80. The van der Waals surface area contributed by atoms with E-state index in [1.165, 1.54) is 6.42 Å². The fraction of sp³-hybridized carbons (Fsp3) is 0.571. The minimum Gasteiger partial charge on any atom is -0.492 e. The van der Waals surface area contributed by atoms with E-state index in [-0.39, 0.29) is 5.60 Å². The maximum atomic E-state index is 5.84. The lowest BCUT2D eigenvalue weighted by molar-refractivity contribution is -0.0601. The summed E-state index contributed by atoms with van der Waals surface area (Å²) in [6.07, 6.45) is 3.51. The first-order valence-electron chi connectivity index (χ1n) is 6.50. The third-order valence-electron chi connectivity index (χ3n) is 3.63. The monoisotopic (exact) mass is 250 g/mol. The third kappa shape index (κ3) is 2.70. The van der Waals surface area contributed by atoms with Crippen LogP contribution in [0.25, 0.3) is 0 Å². The first-order chi connectivity index (χ1) is 8.69. The number of hydrogen-bond acceptors (Lipinski definition) is 4. The molecule has 2 rings (SSSR count). The molecule has 0 spiro atoms. The number of ether oxygens (including phenoxy) is 2. The highest BCUT2D eigenvalue weighted by molar-refractivity contribution is 5.61. The Morgan fingerprint density at radius 2 is 2.17 bits per heavy atom. The topological polar surface area (TPSA) is 56.5 Å². The molecular weight excluding hydrogens is 228 g/mol. The number of methoxy groups -OCH3 is 1. The number of nitrogen functional groups attached to an aromatic ring is 1. The van der Waals surface area contributed by atoms with Gasteiger partial charge in [0.2, 0.25) is 0 Å². The molecule has 3 N–H and O–H groups in total. The molecule has 0 amide bonds. The minimum absolute atomic E-state index is 0.0210. The maximum absolute atomic E-state index is 5.84. The van der Waals surface area contributed by atoms with Crippen molar-refractivity contribution in [2.75, 3.05) is 31.3 Å². The van der Waals surface area contributed by atoms with Gasteiger partial charge in [-0.05, 0) is 38.3 Å². The van der Waals surface area contributed by atoms with Gasteiger partial charge in [0.15, 0.2) is 0 Å². The summed E-state index contributed by atoms with van der Waals surface area (Å²) in [5, 5.41) is 3.40. The van der Waals surface area contributed by atoms with Crippen LogP contribution in [0.2, 0.25) is 0 Å². The molecule has 0 heterocycles. The molecule has 0 aliphatic heterocycles. The predicted molar refractivity (Wildman–Crippen MR) is 74.1 cm³/mol. The number of anilines is 2. The van der Waals surface area contributed by atoms with Crippen LogP contribution < -0.4 is 15.8 Å². The molecule has 0 unspecified atom stereocenters. The van der Waals surface area contributed by atoms with Gasteiger partial charge in [-0.1, -0.05) is 0 Å². The molecule has 18 heavy (non-hydrogen) atoms. The van der Waals surface area contributed by atoms with E-state index in [2.05, 4.69) is 5.32 Å². The molecule has 0 aromatic heterocycles. The smallest absolute Gasteiger partial charge is 0.144 e. The van der Waals surface area contributed by atoms with Crippen molar-refractivity contribution >= 4 is 11.4 Å². The van der Waals surface area contributed by atoms with Gasteiger partial charge in [0.1, 0.15) is 5.75 Å². The van der Waals surface area contributed by atoms with Crippen LogP contribution in [-0.2, 0) is 4.74 Å². The molecular formula is C14H22N2O2. The Bertz CT molecular complexity index is 397. The van der Waals surface area contributed by atoms with E-state index in [1.54, 1.807) is 7.11 Å². The van der Waals surface area contributed by atoms with Crippen molar-refractivity contribution in [1.82, 2.24) is 0 Å². The van der Waals surface area contributed by atoms with E-state index in [0.717, 1.165) is 30.8 Å². The number of rotatable bonds is 6. The van der Waals surface area contributed by atoms with E-state index in [9.17, 15) is 0 Å². The summed E-state index contributed by atoms with van der Waals surface area (Å²) in [5.74, 6) is 0.738. The summed E-state index contributed by atoms with van der Waals surface area (Å²) in [7, 11) is 1.79. The van der Waals surface area contributed by atoms with Crippen LogP contribution >= 0.6 is 0 Å². The second-order valence-corrected chi connectivity index (χ2v) is 4.78. The second kappa shape index (κ2) is 5.48. The lowest BCUT2D eigenvalue weighted by Gasteiger charge is -2.40. The van der Waals surface area contributed by atoms with E-state index in [0.29, 0.717) is 12.3 Å². The zero-order chi connectivity index (χ0) is 13.0. The average molecular weight is 250 g/mol. The molecule has 4 heteroatoms. The van der Waals surface area contributed by atoms with Gasteiger partial charge in [0, 0.05) is 25.4 Å². The molecule has 0 bridgehead atoms. The molecule has 1 aliphatic rings. The molecule has 1 saturated carbocycles. The van der Waals surface area contributed by atoms with Gasteiger partial charge < -0.3 is 20.5 Å². The Labute approximate surface area is 108 Å². The third-order valence-corrected chi connectivity index (χ3v) is 3.63. The van der Waals surface area contributed by atoms with Crippen LogP contribution in [0.5, 0.6) is 5.75 Å². The summed E-state index contributed by atoms with van der Waals surface area (Å²) in [4.78, 5) is 0. The van der Waals surface area contributed by atoms with Crippen molar-refractivity contribution in [3.63, 3.8) is 0 Å². The van der Waals surface area contributed by atoms with Gasteiger partial charge in [-0.3, -0.25) is 0 Å². The Morgan fingerprint density at radius 1 is 1.39 bits per heavy atom. The Morgan fingerprint density at radius 3 is 2.72 bits per heavy atom. The Hall–Kier alpha value is -1.42. The van der Waals surface area contributed by atoms with Crippen LogP contribution in [-0.4, -0.2) is 25.9 Å². The van der Waals surface area contributed by atoms with Crippen molar-refractivity contribution in [1.29, 1.82) is 0 Å². The number of nitrogens with two attached hydrogens (primary N) is 1. The van der Waals surface area contributed by atoms with Gasteiger partial charge in [-0.15, -0.1) is 0 Å². The maximum Gasteiger partial charge on any atom is 0.144 e. The Balaban J connectivity index is 1.98. The second-order valence-electron chi connectivity index (χ2n) is 4.78. The summed E-state index contributed by atoms with van der Waals surface area (Å²) in [6.45, 7) is 3.41. The molecule has 1 aromatic carbocycles. The van der Waals surface area contributed by atoms with Crippen molar-refractivity contribution in [3.8, 4) is 5.75 Å². The van der Waals surface area contributed by atoms with Crippen LogP contribution in [0.1, 0.15) is 26.2 Å². The molecule has 0 atom stereocenters. The fourth-order valence-electron chi connectivity index (χ4n) is 2.21. The normalized spacial score (nSPS) is 17.0. The van der Waals surface area contributed by atoms with Gasteiger partial charge in [0.05, 0.1) is 17.9 Å². The van der Waals surface area contributed by atoms with Crippen LogP contribution in [0.4, 0.5) is 11.4 Å². The molecule has 0 radical (unpaired) electrons. The largest absolute Gasteiger partial charge is 0.492 e. The van der Waals surface area contributed by atoms with E-state index in [1.807, 2.05) is 25.1 Å². The predicted octanol–water partition coefficient (Wildman–Crippen LogP) is 2.65. The van der Waals surface area contributed by atoms with E-state index < -0.39 is 0 Å². The molecule has 1 aliphatic carbocycles. The molecule has 1 fully saturated rings. The summed E-state index contributed by atoms with van der Waals surface area (Å²) in [6, 6.07) is 5.79.